The zero-order chi connectivity index (χ0) is 22.6. The van der Waals surface area contributed by atoms with Crippen molar-refractivity contribution in [2.45, 2.75) is 12.8 Å². The molecule has 1 unspecified atom stereocenters. The largest absolute Gasteiger partial charge is 0.379 e. The predicted octanol–water partition coefficient (Wildman–Crippen LogP) is 3.40. The Morgan fingerprint density at radius 2 is 1.85 bits per heavy atom. The zero-order valence-corrected chi connectivity index (χ0v) is 19.4. The Morgan fingerprint density at radius 1 is 1.09 bits per heavy atom. The first-order valence-corrected chi connectivity index (χ1v) is 12.3. The number of nitrogens with zero attached hydrogens (tertiary/aromatic N) is 4. The van der Waals surface area contributed by atoms with Gasteiger partial charge in [-0.15, -0.1) is 0 Å². The number of anilines is 2. The molecule has 8 heteroatoms. The number of thiazole rings is 1. The van der Waals surface area contributed by atoms with Crippen LogP contribution >= 0.6 is 11.3 Å². The molecule has 172 valence electrons. The summed E-state index contributed by atoms with van der Waals surface area (Å²) in [6.45, 7) is 5.30. The summed E-state index contributed by atoms with van der Waals surface area (Å²) < 4.78 is 6.50. The van der Waals surface area contributed by atoms with Gasteiger partial charge in [-0.2, -0.15) is 0 Å². The van der Waals surface area contributed by atoms with E-state index in [9.17, 15) is 9.59 Å². The van der Waals surface area contributed by atoms with E-state index >= 15 is 0 Å². The number of hydrogen-bond donors (Lipinski definition) is 0. The van der Waals surface area contributed by atoms with Crippen molar-refractivity contribution in [3.05, 3.63) is 54.6 Å². The molecule has 3 heterocycles. The van der Waals surface area contributed by atoms with E-state index in [1.165, 1.54) is 11.3 Å². The highest BCUT2D eigenvalue weighted by molar-refractivity contribution is 7.22. The maximum Gasteiger partial charge on any atom is 0.234 e. The summed E-state index contributed by atoms with van der Waals surface area (Å²) in [5.74, 6) is -0.381. The fourth-order valence-electron chi connectivity index (χ4n) is 4.50. The fourth-order valence-corrected chi connectivity index (χ4v) is 5.50. The van der Waals surface area contributed by atoms with Gasteiger partial charge >= 0.3 is 0 Å². The third-order valence-electron chi connectivity index (χ3n) is 6.28. The molecule has 33 heavy (non-hydrogen) atoms. The summed E-state index contributed by atoms with van der Waals surface area (Å²) in [5, 5.41) is 0.716. The molecule has 2 aromatic carbocycles. The monoisotopic (exact) mass is 464 g/mol. The van der Waals surface area contributed by atoms with Crippen LogP contribution in [0.3, 0.4) is 0 Å². The van der Waals surface area contributed by atoms with E-state index in [2.05, 4.69) is 4.90 Å². The quantitative estimate of drug-likeness (QED) is 0.536. The topological polar surface area (TPSA) is 66.0 Å². The van der Waals surface area contributed by atoms with Gasteiger partial charge in [-0.3, -0.25) is 19.4 Å². The number of morpholine rings is 1. The summed E-state index contributed by atoms with van der Waals surface area (Å²) in [5.41, 5.74) is 1.74. The molecule has 2 saturated heterocycles. The highest BCUT2D eigenvalue weighted by Gasteiger charge is 2.38. The van der Waals surface area contributed by atoms with Crippen LogP contribution in [-0.2, 0) is 14.3 Å². The lowest BCUT2D eigenvalue weighted by molar-refractivity contribution is -0.124. The first-order valence-electron chi connectivity index (χ1n) is 11.5. The van der Waals surface area contributed by atoms with E-state index in [-0.39, 0.29) is 24.2 Å². The molecule has 1 atom stereocenters. The second kappa shape index (κ2) is 9.99. The molecule has 0 aliphatic carbocycles. The standard InChI is InChI=1S/C25H28N4O3S/c30-23-17-19(18-29(23)20-7-2-1-3-8-20)24(31)28(12-6-11-27-13-15-32-16-14-27)25-26-21-9-4-5-10-22(21)33-25/h1-5,7-10,19H,6,11-18H2. The number of carbonyl (C=O) groups excluding carboxylic acids is 2. The van der Waals surface area contributed by atoms with Crippen LogP contribution in [0.15, 0.2) is 54.6 Å². The second-order valence-electron chi connectivity index (χ2n) is 8.50. The van der Waals surface area contributed by atoms with Crippen LogP contribution in [0.2, 0.25) is 0 Å². The SMILES string of the molecule is O=C1CC(C(=O)N(CCCN2CCOCC2)c2nc3ccccc3s2)CN1c1ccccc1. The Balaban J connectivity index is 1.34. The Kier molecular flexibility index (Phi) is 6.66. The van der Waals surface area contributed by atoms with E-state index in [1.54, 1.807) is 4.90 Å². The maximum absolute atomic E-state index is 13.7. The van der Waals surface area contributed by atoms with Crippen LogP contribution in [0.5, 0.6) is 0 Å². The van der Waals surface area contributed by atoms with Gasteiger partial charge in [-0.05, 0) is 30.7 Å². The van der Waals surface area contributed by atoms with Crippen molar-refractivity contribution in [3.8, 4) is 0 Å². The number of aromatic nitrogens is 1. The van der Waals surface area contributed by atoms with Gasteiger partial charge in [-0.25, -0.2) is 4.98 Å². The normalized spacial score (nSPS) is 19.3. The van der Waals surface area contributed by atoms with Crippen LogP contribution < -0.4 is 9.80 Å². The number of hydrogen-bond acceptors (Lipinski definition) is 6. The van der Waals surface area contributed by atoms with Crippen LogP contribution in [0.1, 0.15) is 12.8 Å². The van der Waals surface area contributed by atoms with Crippen LogP contribution in [0, 0.1) is 5.92 Å². The third kappa shape index (κ3) is 4.93. The number of rotatable bonds is 7. The van der Waals surface area contributed by atoms with E-state index in [0.29, 0.717) is 18.2 Å². The highest BCUT2D eigenvalue weighted by atomic mass is 32.1. The molecule has 2 aliphatic rings. The molecule has 2 fully saturated rings. The molecule has 7 nitrogen and oxygen atoms in total. The van der Waals surface area contributed by atoms with Crippen LogP contribution in [0.4, 0.5) is 10.8 Å². The van der Waals surface area contributed by atoms with Crippen molar-refractivity contribution in [2.75, 3.05) is 55.7 Å². The predicted molar refractivity (Wildman–Crippen MR) is 131 cm³/mol. The maximum atomic E-state index is 13.7. The van der Waals surface area contributed by atoms with E-state index in [1.807, 2.05) is 59.5 Å². The number of amides is 2. The van der Waals surface area contributed by atoms with Gasteiger partial charge in [0.05, 0.1) is 29.3 Å². The number of fused-ring (bicyclic) bond motifs is 1. The lowest BCUT2D eigenvalue weighted by Gasteiger charge is -2.28. The minimum Gasteiger partial charge on any atom is -0.379 e. The lowest BCUT2D eigenvalue weighted by atomic mass is 10.1. The van der Waals surface area contributed by atoms with Gasteiger partial charge in [0.25, 0.3) is 0 Å². The van der Waals surface area contributed by atoms with Crippen molar-refractivity contribution in [2.24, 2.45) is 5.92 Å². The Bertz CT molecular complexity index is 1080. The molecule has 2 aliphatic heterocycles. The summed E-state index contributed by atoms with van der Waals surface area (Å²) in [6, 6.07) is 17.5. The Labute approximate surface area is 197 Å². The molecule has 0 saturated carbocycles. The van der Waals surface area contributed by atoms with Crippen LogP contribution in [-0.4, -0.2) is 67.6 Å². The summed E-state index contributed by atoms with van der Waals surface area (Å²) in [4.78, 5) is 37.1. The molecule has 0 N–H and O–H groups in total. The Morgan fingerprint density at radius 3 is 2.64 bits per heavy atom. The minimum atomic E-state index is -0.367. The molecule has 0 spiro atoms. The molecule has 1 aromatic heterocycles. The molecule has 3 aromatic rings. The van der Waals surface area contributed by atoms with Crippen molar-refractivity contribution in [1.29, 1.82) is 0 Å². The van der Waals surface area contributed by atoms with Crippen molar-refractivity contribution in [1.82, 2.24) is 9.88 Å². The summed E-state index contributed by atoms with van der Waals surface area (Å²) >= 11 is 1.54. The average Bonchev–Trinajstić information content (AvgIpc) is 3.46. The van der Waals surface area contributed by atoms with Gasteiger partial charge < -0.3 is 9.64 Å². The lowest BCUT2D eigenvalue weighted by Crippen LogP contribution is -2.41. The van der Waals surface area contributed by atoms with Crippen molar-refractivity contribution in [3.63, 3.8) is 0 Å². The fraction of sp³-hybridized carbons (Fsp3) is 0.400. The van der Waals surface area contributed by atoms with Gasteiger partial charge in [-0.1, -0.05) is 41.7 Å². The van der Waals surface area contributed by atoms with E-state index in [0.717, 1.165) is 55.2 Å². The van der Waals surface area contributed by atoms with Crippen LogP contribution in [0.25, 0.3) is 10.2 Å². The molecular formula is C25H28N4O3S. The molecule has 5 rings (SSSR count). The molecular weight excluding hydrogens is 436 g/mol. The van der Waals surface area contributed by atoms with Gasteiger partial charge in [0.1, 0.15) is 0 Å². The van der Waals surface area contributed by atoms with Crippen molar-refractivity contribution >= 4 is 44.2 Å². The highest BCUT2D eigenvalue weighted by Crippen LogP contribution is 2.32. The van der Waals surface area contributed by atoms with Gasteiger partial charge in [0.2, 0.25) is 11.8 Å². The number of ether oxygens (including phenoxy) is 1. The minimum absolute atomic E-state index is 0.00267. The summed E-state index contributed by atoms with van der Waals surface area (Å²) in [7, 11) is 0. The average molecular weight is 465 g/mol. The van der Waals surface area contributed by atoms with E-state index in [4.69, 9.17) is 9.72 Å². The van der Waals surface area contributed by atoms with Gasteiger partial charge in [0.15, 0.2) is 5.13 Å². The molecule has 0 bridgehead atoms. The van der Waals surface area contributed by atoms with Crippen molar-refractivity contribution < 1.29 is 14.3 Å². The Hall–Kier alpha value is -2.81. The summed E-state index contributed by atoms with van der Waals surface area (Å²) in [6.07, 6.45) is 1.09. The number of benzene rings is 2. The van der Waals surface area contributed by atoms with E-state index < -0.39 is 0 Å². The number of para-hydroxylation sites is 2. The first-order chi connectivity index (χ1) is 16.2. The second-order valence-corrected chi connectivity index (χ2v) is 9.51. The zero-order valence-electron chi connectivity index (χ0n) is 18.6. The molecule has 0 radical (unpaired) electrons. The molecule has 2 amide bonds. The first kappa shape index (κ1) is 22.0. The van der Waals surface area contributed by atoms with Gasteiger partial charge in [0, 0.05) is 44.8 Å². The smallest absolute Gasteiger partial charge is 0.234 e. The third-order valence-corrected chi connectivity index (χ3v) is 7.34. The number of carbonyl (C=O) groups is 2.